The number of carbonyl (C=O) groups is 1. The topological polar surface area (TPSA) is 76.5 Å². The Hall–Kier alpha value is -1.95. The molecule has 100 valence electrons. The molecule has 3 heterocycles. The summed E-state index contributed by atoms with van der Waals surface area (Å²) in [7, 11) is 0. The van der Waals surface area contributed by atoms with Gasteiger partial charge in [-0.3, -0.25) is 9.20 Å². The molecule has 1 atom stereocenters. The third-order valence-electron chi connectivity index (χ3n) is 3.57. The van der Waals surface area contributed by atoms with Crippen LogP contribution in [0.1, 0.15) is 29.0 Å². The van der Waals surface area contributed by atoms with Crippen LogP contribution < -0.4 is 5.73 Å². The zero-order valence-electron chi connectivity index (χ0n) is 10.9. The predicted octanol–water partition coefficient (Wildman–Crippen LogP) is 0.601. The number of aromatic nitrogens is 3. The highest BCUT2D eigenvalue weighted by Crippen LogP contribution is 2.14. The van der Waals surface area contributed by atoms with E-state index in [1.165, 1.54) is 0 Å². The van der Waals surface area contributed by atoms with Gasteiger partial charge in [0.2, 0.25) is 0 Å². The molecule has 2 aromatic heterocycles. The van der Waals surface area contributed by atoms with Crippen LogP contribution in [0.4, 0.5) is 0 Å². The van der Waals surface area contributed by atoms with Gasteiger partial charge in [-0.25, -0.2) is 0 Å². The Kier molecular flexibility index (Phi) is 2.94. The van der Waals surface area contributed by atoms with Gasteiger partial charge in [0.15, 0.2) is 5.65 Å². The lowest BCUT2D eigenvalue weighted by molar-refractivity contribution is 0.0709. The third kappa shape index (κ3) is 2.19. The molecule has 1 unspecified atom stereocenters. The average Bonchev–Trinajstić information content (AvgIpc) is 2.79. The van der Waals surface area contributed by atoms with Crippen molar-refractivity contribution in [2.75, 3.05) is 13.1 Å². The lowest BCUT2D eigenvalue weighted by atomic mass is 10.1. The van der Waals surface area contributed by atoms with Gasteiger partial charge >= 0.3 is 0 Å². The maximum atomic E-state index is 12.4. The number of nitrogens with zero attached hydrogens (tertiary/aromatic N) is 4. The number of fused-ring (bicyclic) bond motifs is 1. The summed E-state index contributed by atoms with van der Waals surface area (Å²) in [5.74, 6) is 0.840. The van der Waals surface area contributed by atoms with Crippen molar-refractivity contribution >= 4 is 11.6 Å². The molecule has 0 aliphatic carbocycles. The molecule has 0 spiro atoms. The molecule has 0 radical (unpaired) electrons. The summed E-state index contributed by atoms with van der Waals surface area (Å²) in [5, 5.41) is 8.03. The first kappa shape index (κ1) is 12.1. The summed E-state index contributed by atoms with van der Waals surface area (Å²) in [6, 6.07) is 3.69. The first-order chi connectivity index (χ1) is 9.15. The van der Waals surface area contributed by atoms with Crippen molar-refractivity contribution in [3.05, 3.63) is 29.7 Å². The number of carbonyl (C=O) groups excluding carboxylic acids is 1. The number of piperidine rings is 1. The quantitative estimate of drug-likeness (QED) is 0.813. The van der Waals surface area contributed by atoms with Gasteiger partial charge < -0.3 is 10.6 Å². The van der Waals surface area contributed by atoms with Crippen LogP contribution in [0.5, 0.6) is 0 Å². The Morgan fingerprint density at radius 1 is 1.47 bits per heavy atom. The number of nitrogens with two attached hydrogens (primary N) is 1. The highest BCUT2D eigenvalue weighted by molar-refractivity contribution is 5.95. The van der Waals surface area contributed by atoms with Crippen LogP contribution in [0.2, 0.25) is 0 Å². The number of hydrogen-bond donors (Lipinski definition) is 1. The van der Waals surface area contributed by atoms with E-state index in [-0.39, 0.29) is 11.9 Å². The van der Waals surface area contributed by atoms with Crippen LogP contribution in [0.3, 0.4) is 0 Å². The Morgan fingerprint density at radius 3 is 3.11 bits per heavy atom. The molecule has 6 heteroatoms. The minimum Gasteiger partial charge on any atom is -0.337 e. The van der Waals surface area contributed by atoms with Gasteiger partial charge in [0, 0.05) is 30.9 Å². The third-order valence-corrected chi connectivity index (χ3v) is 3.57. The van der Waals surface area contributed by atoms with Crippen molar-refractivity contribution in [2.45, 2.75) is 25.8 Å². The Balaban J connectivity index is 1.88. The van der Waals surface area contributed by atoms with E-state index in [4.69, 9.17) is 5.73 Å². The fourth-order valence-electron chi connectivity index (χ4n) is 2.52. The lowest BCUT2D eigenvalue weighted by Crippen LogP contribution is -2.45. The van der Waals surface area contributed by atoms with Crippen molar-refractivity contribution in [1.29, 1.82) is 0 Å². The Labute approximate surface area is 111 Å². The lowest BCUT2D eigenvalue weighted by Gasteiger charge is -2.30. The summed E-state index contributed by atoms with van der Waals surface area (Å²) in [6.45, 7) is 3.30. The van der Waals surface area contributed by atoms with Gasteiger partial charge in [-0.1, -0.05) is 0 Å². The van der Waals surface area contributed by atoms with Crippen LogP contribution in [0, 0.1) is 6.92 Å². The normalized spacial score (nSPS) is 19.9. The highest BCUT2D eigenvalue weighted by Gasteiger charge is 2.22. The first-order valence-corrected chi connectivity index (χ1v) is 6.51. The van der Waals surface area contributed by atoms with Gasteiger partial charge in [-0.2, -0.15) is 0 Å². The van der Waals surface area contributed by atoms with E-state index in [1.54, 1.807) is 6.07 Å². The summed E-state index contributed by atoms with van der Waals surface area (Å²) in [4.78, 5) is 14.2. The average molecular weight is 259 g/mol. The van der Waals surface area contributed by atoms with Gasteiger partial charge in [-0.15, -0.1) is 10.2 Å². The number of hydrogen-bond acceptors (Lipinski definition) is 4. The van der Waals surface area contributed by atoms with Crippen LogP contribution in [0.15, 0.2) is 18.3 Å². The molecule has 0 aromatic carbocycles. The van der Waals surface area contributed by atoms with Crippen LogP contribution in [-0.4, -0.2) is 44.5 Å². The maximum Gasteiger partial charge on any atom is 0.254 e. The van der Waals surface area contributed by atoms with Gasteiger partial charge in [0.05, 0.1) is 0 Å². The largest absolute Gasteiger partial charge is 0.337 e. The molecular weight excluding hydrogens is 242 g/mol. The molecule has 2 N–H and O–H groups in total. The molecule has 2 aromatic rings. The second-order valence-electron chi connectivity index (χ2n) is 5.04. The van der Waals surface area contributed by atoms with Crippen molar-refractivity contribution in [1.82, 2.24) is 19.5 Å². The van der Waals surface area contributed by atoms with E-state index in [0.29, 0.717) is 17.8 Å². The van der Waals surface area contributed by atoms with E-state index in [0.717, 1.165) is 25.2 Å². The number of rotatable bonds is 1. The molecule has 1 amide bonds. The second-order valence-corrected chi connectivity index (χ2v) is 5.04. The number of amides is 1. The van der Waals surface area contributed by atoms with Gasteiger partial charge in [0.25, 0.3) is 5.91 Å². The number of likely N-dealkylation sites (tertiary alicyclic amines) is 1. The molecule has 3 rings (SSSR count). The monoisotopic (exact) mass is 259 g/mol. The van der Waals surface area contributed by atoms with Crippen molar-refractivity contribution in [2.24, 2.45) is 5.73 Å². The molecule has 1 fully saturated rings. The van der Waals surface area contributed by atoms with Crippen molar-refractivity contribution < 1.29 is 4.79 Å². The number of aryl methyl sites for hydroxylation is 1. The predicted molar refractivity (Wildman–Crippen MR) is 70.8 cm³/mol. The van der Waals surface area contributed by atoms with Crippen molar-refractivity contribution in [3.8, 4) is 0 Å². The zero-order chi connectivity index (χ0) is 13.4. The maximum absolute atomic E-state index is 12.4. The molecule has 19 heavy (non-hydrogen) atoms. The molecule has 1 aliphatic heterocycles. The van der Waals surface area contributed by atoms with Crippen LogP contribution in [-0.2, 0) is 0 Å². The van der Waals surface area contributed by atoms with Gasteiger partial charge in [0.1, 0.15) is 5.82 Å². The fraction of sp³-hybridized carbons (Fsp3) is 0.462. The van der Waals surface area contributed by atoms with Crippen molar-refractivity contribution in [3.63, 3.8) is 0 Å². The highest BCUT2D eigenvalue weighted by atomic mass is 16.2. The summed E-state index contributed by atoms with van der Waals surface area (Å²) in [5.41, 5.74) is 7.26. The Bertz CT molecular complexity index is 621. The van der Waals surface area contributed by atoms with E-state index in [2.05, 4.69) is 10.2 Å². The second kappa shape index (κ2) is 4.62. The van der Waals surface area contributed by atoms with Gasteiger partial charge in [-0.05, 0) is 31.9 Å². The summed E-state index contributed by atoms with van der Waals surface area (Å²) >= 11 is 0. The molecule has 0 bridgehead atoms. The minimum atomic E-state index is 0.0262. The van der Waals surface area contributed by atoms with E-state index in [9.17, 15) is 4.79 Å². The molecule has 6 nitrogen and oxygen atoms in total. The fourth-order valence-corrected chi connectivity index (χ4v) is 2.52. The first-order valence-electron chi connectivity index (χ1n) is 6.51. The molecular formula is C13H17N5O. The standard InChI is InChI=1S/C13H17N5O/c1-9-15-16-12-7-10(4-6-18(9)12)13(19)17-5-2-3-11(14)8-17/h4,6-7,11H,2-3,5,8,14H2,1H3. The SMILES string of the molecule is Cc1nnc2cc(C(=O)N3CCCC(N)C3)ccn12. The molecule has 1 aliphatic rings. The minimum absolute atomic E-state index is 0.0262. The van der Waals surface area contributed by atoms with E-state index < -0.39 is 0 Å². The Morgan fingerprint density at radius 2 is 2.32 bits per heavy atom. The smallest absolute Gasteiger partial charge is 0.254 e. The van der Waals surface area contributed by atoms with E-state index in [1.807, 2.05) is 28.5 Å². The van der Waals surface area contributed by atoms with Crippen LogP contribution in [0.25, 0.3) is 5.65 Å². The summed E-state index contributed by atoms with van der Waals surface area (Å²) in [6.07, 6.45) is 3.80. The number of pyridine rings is 1. The van der Waals surface area contributed by atoms with Crippen LogP contribution >= 0.6 is 0 Å². The summed E-state index contributed by atoms with van der Waals surface area (Å²) < 4.78 is 1.86. The molecule has 0 saturated carbocycles. The van der Waals surface area contributed by atoms with E-state index >= 15 is 0 Å². The molecule has 1 saturated heterocycles. The zero-order valence-corrected chi connectivity index (χ0v) is 10.9.